The number of carboxylic acids is 1. The van der Waals surface area contributed by atoms with E-state index in [1.54, 1.807) is 6.07 Å². The van der Waals surface area contributed by atoms with Crippen molar-refractivity contribution >= 4 is 17.6 Å². The van der Waals surface area contributed by atoms with Crippen LogP contribution in [0.25, 0.3) is 0 Å². The Balaban J connectivity index is 0.00000242. The third kappa shape index (κ3) is 3.37. The van der Waals surface area contributed by atoms with Gasteiger partial charge in [-0.05, 0) is 6.92 Å². The SMILES string of the molecule is Cc1c(C#N)c(O)[nH]c(=O)c1N=Nc1n[nH]c(C(=O)[O-])n1.[Na+]. The van der Waals surface area contributed by atoms with Crippen LogP contribution in [0.1, 0.15) is 21.7 Å². The first kappa shape index (κ1) is 17.5. The van der Waals surface area contributed by atoms with E-state index < -0.39 is 23.2 Å². The van der Waals surface area contributed by atoms with Crippen molar-refractivity contribution in [3.63, 3.8) is 0 Å². The predicted octanol–water partition coefficient (Wildman–Crippen LogP) is -3.84. The van der Waals surface area contributed by atoms with Crippen molar-refractivity contribution in [1.82, 2.24) is 20.2 Å². The zero-order valence-corrected chi connectivity index (χ0v) is 13.4. The summed E-state index contributed by atoms with van der Waals surface area (Å²) in [5.41, 5.74) is -1.06. The molecule has 0 fully saturated rings. The van der Waals surface area contributed by atoms with E-state index in [1.165, 1.54) is 6.92 Å². The molecule has 0 spiro atoms. The monoisotopic (exact) mass is 311 g/mol. The maximum Gasteiger partial charge on any atom is 1.00 e. The third-order valence-electron chi connectivity index (χ3n) is 2.43. The number of carboxylic acid groups (broad SMARTS) is 1. The summed E-state index contributed by atoms with van der Waals surface area (Å²) in [6.45, 7) is 1.40. The summed E-state index contributed by atoms with van der Waals surface area (Å²) < 4.78 is 0. The number of H-pyrrole nitrogens is 2. The largest absolute Gasteiger partial charge is 1.00 e. The van der Waals surface area contributed by atoms with E-state index in [2.05, 4.69) is 20.3 Å². The van der Waals surface area contributed by atoms with Crippen molar-refractivity contribution in [1.29, 1.82) is 5.26 Å². The van der Waals surface area contributed by atoms with E-state index >= 15 is 0 Å². The van der Waals surface area contributed by atoms with Gasteiger partial charge in [0.15, 0.2) is 11.5 Å². The third-order valence-corrected chi connectivity index (χ3v) is 2.43. The summed E-state index contributed by atoms with van der Waals surface area (Å²) in [7, 11) is 0. The molecule has 2 aromatic heterocycles. The van der Waals surface area contributed by atoms with E-state index in [1.807, 2.05) is 10.1 Å². The van der Waals surface area contributed by atoms with Crippen LogP contribution in [-0.4, -0.2) is 31.2 Å². The van der Waals surface area contributed by atoms with Gasteiger partial charge in [0.1, 0.15) is 17.6 Å². The summed E-state index contributed by atoms with van der Waals surface area (Å²) in [6.07, 6.45) is 0. The van der Waals surface area contributed by atoms with Gasteiger partial charge in [0, 0.05) is 5.56 Å². The summed E-state index contributed by atoms with van der Waals surface area (Å²) in [5.74, 6) is -3.02. The predicted molar refractivity (Wildman–Crippen MR) is 63.1 cm³/mol. The zero-order valence-electron chi connectivity index (χ0n) is 11.4. The fourth-order valence-electron chi connectivity index (χ4n) is 1.44. The Hall–Kier alpha value is -2.55. The van der Waals surface area contributed by atoms with Crippen LogP contribution in [0.3, 0.4) is 0 Å². The van der Waals surface area contributed by atoms with E-state index in [4.69, 9.17) is 5.26 Å². The molecular formula is C10H6N7NaO4. The minimum Gasteiger partial charge on any atom is -0.542 e. The maximum absolute atomic E-state index is 11.6. The molecular weight excluding hydrogens is 305 g/mol. The van der Waals surface area contributed by atoms with Crippen molar-refractivity contribution in [2.24, 2.45) is 10.2 Å². The molecule has 0 saturated heterocycles. The summed E-state index contributed by atoms with van der Waals surface area (Å²) in [6, 6.07) is 1.70. The second-order valence-corrected chi connectivity index (χ2v) is 3.73. The maximum atomic E-state index is 11.6. The topological polar surface area (TPSA) is 183 Å². The minimum absolute atomic E-state index is 0. The number of carbonyl (C=O) groups is 1. The summed E-state index contributed by atoms with van der Waals surface area (Å²) in [5, 5.41) is 41.2. The Morgan fingerprint density at radius 1 is 1.45 bits per heavy atom. The van der Waals surface area contributed by atoms with Gasteiger partial charge >= 0.3 is 29.6 Å². The molecule has 106 valence electrons. The fourth-order valence-corrected chi connectivity index (χ4v) is 1.44. The number of rotatable bonds is 3. The van der Waals surface area contributed by atoms with Crippen LogP contribution in [0.5, 0.6) is 5.88 Å². The molecule has 0 radical (unpaired) electrons. The molecule has 0 atom stereocenters. The number of hydrogen-bond donors (Lipinski definition) is 3. The van der Waals surface area contributed by atoms with Crippen LogP contribution in [0.4, 0.5) is 11.6 Å². The standard InChI is InChI=1S/C10H7N7O4.Na/c1-3-4(2-11)7(18)13-8(19)5(3)14-16-10-12-6(9(20)21)15-17-10;/h1H3,(H,20,21)(H,12,15,17)(H2,13,18,19);/q;+1/p-1. The number of nitriles is 1. The van der Waals surface area contributed by atoms with Crippen LogP contribution in [0.2, 0.25) is 0 Å². The van der Waals surface area contributed by atoms with Gasteiger partial charge in [-0.25, -0.2) is 0 Å². The number of hydrogen-bond acceptors (Lipinski definition) is 9. The number of aromatic amines is 2. The van der Waals surface area contributed by atoms with Gasteiger partial charge in [0.25, 0.3) is 11.5 Å². The van der Waals surface area contributed by atoms with Crippen molar-refractivity contribution in [2.75, 3.05) is 0 Å². The van der Waals surface area contributed by atoms with Crippen molar-refractivity contribution in [3.8, 4) is 11.9 Å². The molecule has 11 nitrogen and oxygen atoms in total. The number of nitrogens with one attached hydrogen (secondary N) is 2. The molecule has 0 bridgehead atoms. The Labute approximate surface area is 144 Å². The van der Waals surface area contributed by atoms with Crippen LogP contribution in [0.15, 0.2) is 15.0 Å². The van der Waals surface area contributed by atoms with Gasteiger partial charge in [-0.3, -0.25) is 14.9 Å². The van der Waals surface area contributed by atoms with Gasteiger partial charge in [0.05, 0.1) is 0 Å². The Morgan fingerprint density at radius 2 is 2.14 bits per heavy atom. The molecule has 2 heterocycles. The number of pyridine rings is 1. The molecule has 0 unspecified atom stereocenters. The summed E-state index contributed by atoms with van der Waals surface area (Å²) >= 11 is 0. The zero-order chi connectivity index (χ0) is 15.6. The molecule has 0 aromatic carbocycles. The normalized spacial score (nSPS) is 10.2. The van der Waals surface area contributed by atoms with Crippen LogP contribution >= 0.6 is 0 Å². The smallest absolute Gasteiger partial charge is 0.542 e. The Kier molecular flexibility index (Phi) is 5.52. The number of aromatic hydroxyl groups is 1. The second kappa shape index (κ2) is 6.94. The van der Waals surface area contributed by atoms with Crippen LogP contribution in [-0.2, 0) is 0 Å². The minimum atomic E-state index is -1.57. The van der Waals surface area contributed by atoms with Gasteiger partial charge in [-0.15, -0.1) is 15.3 Å². The van der Waals surface area contributed by atoms with Gasteiger partial charge < -0.3 is 15.0 Å². The quantitative estimate of drug-likeness (QED) is 0.382. The molecule has 0 saturated carbocycles. The number of carbonyl (C=O) groups excluding carboxylic acids is 1. The van der Waals surface area contributed by atoms with Gasteiger partial charge in [0.2, 0.25) is 5.88 Å². The van der Waals surface area contributed by atoms with Crippen molar-refractivity contribution < 1.29 is 44.6 Å². The molecule has 2 aromatic rings. The van der Waals surface area contributed by atoms with Crippen molar-refractivity contribution in [2.45, 2.75) is 6.92 Å². The Bertz CT molecular complexity index is 848. The van der Waals surface area contributed by atoms with E-state index in [9.17, 15) is 19.8 Å². The second-order valence-electron chi connectivity index (χ2n) is 3.73. The molecule has 0 amide bonds. The van der Waals surface area contributed by atoms with E-state index in [-0.39, 0.29) is 52.3 Å². The fraction of sp³-hybridized carbons (Fsp3) is 0.100. The Morgan fingerprint density at radius 3 is 2.68 bits per heavy atom. The average molecular weight is 311 g/mol. The molecule has 0 aliphatic rings. The van der Waals surface area contributed by atoms with Gasteiger partial charge in [-0.1, -0.05) is 0 Å². The first-order valence-electron chi connectivity index (χ1n) is 5.35. The van der Waals surface area contributed by atoms with E-state index in [0.717, 1.165) is 0 Å². The summed E-state index contributed by atoms with van der Waals surface area (Å²) in [4.78, 5) is 27.6. The van der Waals surface area contributed by atoms with Gasteiger partial charge in [-0.2, -0.15) is 10.2 Å². The first-order chi connectivity index (χ1) is 9.93. The molecule has 22 heavy (non-hydrogen) atoms. The molecule has 3 N–H and O–H groups in total. The number of aromatic nitrogens is 4. The molecule has 2 rings (SSSR count). The van der Waals surface area contributed by atoms with Crippen LogP contribution < -0.4 is 40.2 Å². The molecule has 0 aliphatic heterocycles. The number of azo groups is 1. The average Bonchev–Trinajstić information content (AvgIpc) is 2.87. The number of nitrogens with zero attached hydrogens (tertiary/aromatic N) is 5. The number of aromatic carboxylic acids is 1. The first-order valence-corrected chi connectivity index (χ1v) is 5.35. The van der Waals surface area contributed by atoms with Crippen LogP contribution in [0, 0.1) is 18.3 Å². The molecule has 0 aliphatic carbocycles. The molecule has 12 heteroatoms. The van der Waals surface area contributed by atoms with Crippen molar-refractivity contribution in [3.05, 3.63) is 27.3 Å². The van der Waals surface area contributed by atoms with E-state index in [0.29, 0.717) is 0 Å².